The number of aliphatic hydroxyl groups excluding tert-OH is 1. The molecular weight excluding hydrogens is 445 g/mol. The Morgan fingerprint density at radius 1 is 1.09 bits per heavy atom. The molecule has 1 aromatic heterocycles. The van der Waals surface area contributed by atoms with Crippen LogP contribution >= 0.6 is 11.6 Å². The van der Waals surface area contributed by atoms with Crippen molar-refractivity contribution in [3.63, 3.8) is 0 Å². The SMILES string of the molecule is CCOc1ccc(Cn2c(=O)n([C@H]3CC[C@H](O)CC3)c3ccc(C(F)(F)F)cc32)cc1Cl. The first-order chi connectivity index (χ1) is 15.2. The van der Waals surface area contributed by atoms with Crippen LogP contribution < -0.4 is 10.4 Å². The molecule has 0 bridgehead atoms. The fourth-order valence-corrected chi connectivity index (χ4v) is 4.63. The summed E-state index contributed by atoms with van der Waals surface area (Å²) in [5.74, 6) is 0.507. The van der Waals surface area contributed by atoms with E-state index >= 15 is 0 Å². The molecule has 1 saturated carbocycles. The predicted octanol–water partition coefficient (Wildman–Crippen LogP) is 5.40. The number of rotatable bonds is 5. The van der Waals surface area contributed by atoms with Crippen LogP contribution in [-0.2, 0) is 12.7 Å². The first-order valence-corrected chi connectivity index (χ1v) is 11.0. The highest BCUT2D eigenvalue weighted by atomic mass is 35.5. The minimum absolute atomic E-state index is 0.0745. The Balaban J connectivity index is 1.82. The van der Waals surface area contributed by atoms with Gasteiger partial charge in [0.05, 0.1) is 40.9 Å². The maximum absolute atomic E-state index is 13.4. The monoisotopic (exact) mass is 468 g/mol. The summed E-state index contributed by atoms with van der Waals surface area (Å²) in [4.78, 5) is 13.4. The van der Waals surface area contributed by atoms with Gasteiger partial charge in [-0.1, -0.05) is 17.7 Å². The molecule has 9 heteroatoms. The molecule has 0 radical (unpaired) electrons. The molecule has 32 heavy (non-hydrogen) atoms. The second-order valence-corrected chi connectivity index (χ2v) is 8.51. The van der Waals surface area contributed by atoms with Gasteiger partial charge in [-0.2, -0.15) is 13.2 Å². The van der Waals surface area contributed by atoms with E-state index in [4.69, 9.17) is 16.3 Å². The number of nitrogens with zero attached hydrogens (tertiary/aromatic N) is 2. The molecule has 5 nitrogen and oxygen atoms in total. The maximum atomic E-state index is 13.4. The minimum Gasteiger partial charge on any atom is -0.492 e. The van der Waals surface area contributed by atoms with Crippen molar-refractivity contribution in [1.29, 1.82) is 0 Å². The van der Waals surface area contributed by atoms with Crippen molar-refractivity contribution in [2.75, 3.05) is 6.61 Å². The van der Waals surface area contributed by atoms with Crippen molar-refractivity contribution >= 4 is 22.6 Å². The van der Waals surface area contributed by atoms with Gasteiger partial charge in [-0.3, -0.25) is 9.13 Å². The van der Waals surface area contributed by atoms with Crippen molar-refractivity contribution in [2.45, 2.75) is 57.5 Å². The first kappa shape index (κ1) is 22.7. The fourth-order valence-electron chi connectivity index (χ4n) is 4.38. The molecule has 1 heterocycles. The number of hydrogen-bond acceptors (Lipinski definition) is 3. The summed E-state index contributed by atoms with van der Waals surface area (Å²) in [5, 5.41) is 10.2. The third-order valence-corrected chi connectivity index (χ3v) is 6.25. The minimum atomic E-state index is -4.52. The second kappa shape index (κ2) is 8.83. The lowest BCUT2D eigenvalue weighted by atomic mass is 9.93. The molecule has 0 amide bonds. The van der Waals surface area contributed by atoms with Crippen LogP contribution in [0.25, 0.3) is 11.0 Å². The lowest BCUT2D eigenvalue weighted by molar-refractivity contribution is -0.137. The molecule has 0 aliphatic heterocycles. The summed E-state index contributed by atoms with van der Waals surface area (Å²) in [6, 6.07) is 8.33. The Morgan fingerprint density at radius 3 is 2.44 bits per heavy atom. The average molecular weight is 469 g/mol. The van der Waals surface area contributed by atoms with Crippen LogP contribution in [0.5, 0.6) is 5.75 Å². The maximum Gasteiger partial charge on any atom is 0.416 e. The summed E-state index contributed by atoms with van der Waals surface area (Å²) in [6.45, 7) is 2.36. The quantitative estimate of drug-likeness (QED) is 0.545. The Hall–Kier alpha value is -2.45. The largest absolute Gasteiger partial charge is 0.492 e. The molecular formula is C23H24ClF3N2O3. The van der Waals surface area contributed by atoms with E-state index in [0.717, 1.165) is 12.1 Å². The first-order valence-electron chi connectivity index (χ1n) is 10.6. The van der Waals surface area contributed by atoms with E-state index in [1.54, 1.807) is 22.8 Å². The molecule has 1 aliphatic carbocycles. The van der Waals surface area contributed by atoms with Crippen molar-refractivity contribution in [2.24, 2.45) is 0 Å². The molecule has 2 aromatic carbocycles. The summed E-state index contributed by atoms with van der Waals surface area (Å²) >= 11 is 6.27. The van der Waals surface area contributed by atoms with E-state index in [1.165, 1.54) is 10.6 Å². The normalized spacial score (nSPS) is 19.4. The Kier molecular flexibility index (Phi) is 6.27. The van der Waals surface area contributed by atoms with E-state index in [9.17, 15) is 23.1 Å². The number of fused-ring (bicyclic) bond motifs is 1. The number of imidazole rings is 1. The number of ether oxygens (including phenoxy) is 1. The molecule has 1 aliphatic rings. The smallest absolute Gasteiger partial charge is 0.416 e. The fraction of sp³-hybridized carbons (Fsp3) is 0.435. The zero-order valence-corrected chi connectivity index (χ0v) is 18.3. The van der Waals surface area contributed by atoms with Gasteiger partial charge in [0.15, 0.2) is 0 Å². The van der Waals surface area contributed by atoms with Crippen molar-refractivity contribution < 1.29 is 23.0 Å². The van der Waals surface area contributed by atoms with Gasteiger partial charge in [-0.05, 0) is 68.5 Å². The molecule has 0 spiro atoms. The number of hydrogen-bond donors (Lipinski definition) is 1. The number of benzene rings is 2. The van der Waals surface area contributed by atoms with E-state index in [2.05, 4.69) is 0 Å². The average Bonchev–Trinajstić information content (AvgIpc) is 3.01. The number of halogens is 4. The van der Waals surface area contributed by atoms with E-state index < -0.39 is 17.8 Å². The zero-order chi connectivity index (χ0) is 23.0. The Bertz CT molecular complexity index is 1180. The van der Waals surface area contributed by atoms with Crippen LogP contribution in [0.15, 0.2) is 41.2 Å². The topological polar surface area (TPSA) is 56.4 Å². The molecule has 4 rings (SSSR count). The van der Waals surface area contributed by atoms with Gasteiger partial charge in [0.2, 0.25) is 0 Å². The van der Waals surface area contributed by atoms with Gasteiger partial charge < -0.3 is 9.84 Å². The highest BCUT2D eigenvalue weighted by Crippen LogP contribution is 2.35. The third kappa shape index (κ3) is 4.38. The van der Waals surface area contributed by atoms with Gasteiger partial charge in [0.25, 0.3) is 0 Å². The van der Waals surface area contributed by atoms with E-state index in [1.807, 2.05) is 6.92 Å². The molecule has 0 atom stereocenters. The summed E-state index contributed by atoms with van der Waals surface area (Å²) < 4.78 is 48.6. The van der Waals surface area contributed by atoms with Crippen LogP contribution in [0, 0.1) is 0 Å². The standard InChI is InChI=1S/C23H24ClF3N2O3/c1-2-32-21-10-3-14(11-18(21)24)13-28-20-12-15(23(25,26)27)4-9-19(20)29(22(28)31)16-5-7-17(30)8-6-16/h3-4,9-12,16-17,30H,2,5-8,13H2,1H3/t16-,17-. The summed E-state index contributed by atoms with van der Waals surface area (Å²) in [6.07, 6.45) is -2.63. The predicted molar refractivity (Wildman–Crippen MR) is 116 cm³/mol. The number of alkyl halides is 3. The second-order valence-electron chi connectivity index (χ2n) is 8.10. The summed E-state index contributed by atoms with van der Waals surface area (Å²) in [7, 11) is 0. The van der Waals surface area contributed by atoms with Crippen LogP contribution in [0.3, 0.4) is 0 Å². The number of aromatic nitrogens is 2. The third-order valence-electron chi connectivity index (χ3n) is 5.96. The van der Waals surface area contributed by atoms with Crippen LogP contribution in [0.1, 0.15) is 49.8 Å². The zero-order valence-electron chi connectivity index (χ0n) is 17.5. The highest BCUT2D eigenvalue weighted by Gasteiger charge is 2.32. The molecule has 3 aromatic rings. The van der Waals surface area contributed by atoms with Crippen LogP contribution in [0.2, 0.25) is 5.02 Å². The molecule has 1 fully saturated rings. The number of aliphatic hydroxyl groups is 1. The lowest BCUT2D eigenvalue weighted by Gasteiger charge is -2.26. The van der Waals surface area contributed by atoms with Crippen molar-refractivity contribution in [1.82, 2.24) is 9.13 Å². The Morgan fingerprint density at radius 2 is 1.81 bits per heavy atom. The van der Waals surface area contributed by atoms with Gasteiger partial charge >= 0.3 is 11.9 Å². The molecule has 172 valence electrons. The van der Waals surface area contributed by atoms with Gasteiger partial charge in [-0.25, -0.2) is 4.79 Å². The van der Waals surface area contributed by atoms with Crippen LogP contribution in [0.4, 0.5) is 13.2 Å². The summed E-state index contributed by atoms with van der Waals surface area (Å²) in [5.41, 5.74) is 0.184. The molecule has 0 saturated heterocycles. The van der Waals surface area contributed by atoms with Gasteiger partial charge in [-0.15, -0.1) is 0 Å². The van der Waals surface area contributed by atoms with E-state index in [0.29, 0.717) is 54.1 Å². The van der Waals surface area contributed by atoms with E-state index in [-0.39, 0.29) is 23.8 Å². The highest BCUT2D eigenvalue weighted by molar-refractivity contribution is 6.32. The molecule has 0 unspecified atom stereocenters. The van der Waals surface area contributed by atoms with Crippen LogP contribution in [-0.4, -0.2) is 27.0 Å². The Labute approximate surface area is 188 Å². The lowest BCUT2D eigenvalue weighted by Crippen LogP contribution is -2.31. The van der Waals surface area contributed by atoms with Gasteiger partial charge in [0, 0.05) is 6.04 Å². The van der Waals surface area contributed by atoms with Crippen molar-refractivity contribution in [3.05, 3.63) is 63.0 Å². The van der Waals surface area contributed by atoms with Gasteiger partial charge in [0.1, 0.15) is 5.75 Å². The van der Waals surface area contributed by atoms with Crippen molar-refractivity contribution in [3.8, 4) is 5.75 Å². The molecule has 1 N–H and O–H groups in total.